The van der Waals surface area contributed by atoms with Crippen LogP contribution < -0.4 is 15.4 Å². The van der Waals surface area contributed by atoms with Gasteiger partial charge in [0.25, 0.3) is 0 Å². The summed E-state index contributed by atoms with van der Waals surface area (Å²) in [6.45, 7) is 3.39. The van der Waals surface area contributed by atoms with Crippen molar-refractivity contribution < 1.29 is 9.53 Å². The monoisotopic (exact) mass is 342 g/mol. The number of carbonyl (C=O) groups is 1. The van der Waals surface area contributed by atoms with Gasteiger partial charge < -0.3 is 10.1 Å². The first-order valence-electron chi connectivity index (χ1n) is 7.53. The van der Waals surface area contributed by atoms with E-state index in [4.69, 9.17) is 4.74 Å². The van der Waals surface area contributed by atoms with E-state index in [1.165, 1.54) is 18.4 Å². The largest absolute Gasteiger partial charge is 0.493 e. The second-order valence-electron chi connectivity index (χ2n) is 5.86. The summed E-state index contributed by atoms with van der Waals surface area (Å²) in [6.07, 6.45) is 2.56. The van der Waals surface area contributed by atoms with Gasteiger partial charge in [-0.3, -0.25) is 10.1 Å². The Kier molecular flexibility index (Phi) is 6.41. The van der Waals surface area contributed by atoms with Crippen LogP contribution in [0.25, 0.3) is 0 Å². The lowest BCUT2D eigenvalue weighted by Crippen LogP contribution is -2.41. The van der Waals surface area contributed by atoms with E-state index < -0.39 is 0 Å². The van der Waals surface area contributed by atoms with Crippen molar-refractivity contribution in [1.82, 2.24) is 10.6 Å². The molecule has 1 unspecified atom stereocenters. The van der Waals surface area contributed by atoms with Gasteiger partial charge in [-0.15, -0.1) is 24.2 Å². The summed E-state index contributed by atoms with van der Waals surface area (Å²) in [6, 6.07) is 6.12. The SMILES string of the molecule is Cc1ccc(CNC(=O)C2CSCN2)c(OCC2CC2)c1.Cl. The van der Waals surface area contributed by atoms with Gasteiger partial charge in [-0.1, -0.05) is 12.1 Å². The van der Waals surface area contributed by atoms with Gasteiger partial charge in [0.15, 0.2) is 0 Å². The zero-order valence-electron chi connectivity index (χ0n) is 12.8. The van der Waals surface area contributed by atoms with E-state index in [1.54, 1.807) is 11.8 Å². The number of hydrogen-bond donors (Lipinski definition) is 2. The van der Waals surface area contributed by atoms with Gasteiger partial charge in [0, 0.05) is 23.7 Å². The summed E-state index contributed by atoms with van der Waals surface area (Å²) in [7, 11) is 0. The predicted octanol–water partition coefficient (Wildman–Crippen LogP) is 2.48. The van der Waals surface area contributed by atoms with Crippen LogP contribution >= 0.6 is 24.2 Å². The third kappa shape index (κ3) is 4.80. The highest BCUT2D eigenvalue weighted by Gasteiger charge is 2.23. The van der Waals surface area contributed by atoms with E-state index in [9.17, 15) is 4.79 Å². The maximum Gasteiger partial charge on any atom is 0.238 e. The molecule has 22 heavy (non-hydrogen) atoms. The molecular weight excluding hydrogens is 320 g/mol. The van der Waals surface area contributed by atoms with Crippen molar-refractivity contribution >= 4 is 30.1 Å². The quantitative estimate of drug-likeness (QED) is 0.834. The number of nitrogens with one attached hydrogen (secondary N) is 2. The first-order chi connectivity index (χ1) is 10.2. The molecule has 6 heteroatoms. The fourth-order valence-corrected chi connectivity index (χ4v) is 3.25. The molecule has 1 saturated heterocycles. The number of thioether (sulfide) groups is 1. The second kappa shape index (κ2) is 8.09. The van der Waals surface area contributed by atoms with Gasteiger partial charge in [-0.05, 0) is 37.3 Å². The molecule has 1 amide bonds. The maximum absolute atomic E-state index is 12.0. The van der Waals surface area contributed by atoms with Crippen molar-refractivity contribution in [2.45, 2.75) is 32.4 Å². The average Bonchev–Trinajstić information content (AvgIpc) is 3.15. The standard InChI is InChI=1S/C16H22N2O2S.ClH/c1-11-2-5-13(15(6-11)20-8-12-3-4-12)7-17-16(19)14-9-21-10-18-14;/h2,5-6,12,14,18H,3-4,7-10H2,1H3,(H,17,19);1H. The van der Waals surface area contributed by atoms with Gasteiger partial charge in [-0.2, -0.15) is 0 Å². The normalized spacial score (nSPS) is 20.3. The van der Waals surface area contributed by atoms with Crippen molar-refractivity contribution in [3.8, 4) is 5.75 Å². The van der Waals surface area contributed by atoms with E-state index in [1.807, 2.05) is 0 Å². The van der Waals surface area contributed by atoms with Gasteiger partial charge in [0.05, 0.1) is 12.6 Å². The number of rotatable bonds is 6. The van der Waals surface area contributed by atoms with E-state index >= 15 is 0 Å². The molecule has 1 atom stereocenters. The first kappa shape index (κ1) is 17.4. The lowest BCUT2D eigenvalue weighted by Gasteiger charge is -2.14. The molecule has 4 nitrogen and oxygen atoms in total. The Labute approximate surface area is 142 Å². The smallest absolute Gasteiger partial charge is 0.238 e. The van der Waals surface area contributed by atoms with Crippen molar-refractivity contribution in [3.63, 3.8) is 0 Å². The van der Waals surface area contributed by atoms with Crippen molar-refractivity contribution in [3.05, 3.63) is 29.3 Å². The summed E-state index contributed by atoms with van der Waals surface area (Å²) in [5.41, 5.74) is 2.24. The Bertz CT molecular complexity index is 517. The summed E-state index contributed by atoms with van der Waals surface area (Å²) in [5, 5.41) is 6.19. The molecule has 2 N–H and O–H groups in total. The van der Waals surface area contributed by atoms with E-state index in [0.717, 1.165) is 35.5 Å². The minimum atomic E-state index is -0.0590. The van der Waals surface area contributed by atoms with E-state index in [2.05, 4.69) is 35.8 Å². The third-order valence-electron chi connectivity index (χ3n) is 3.88. The molecule has 122 valence electrons. The zero-order valence-corrected chi connectivity index (χ0v) is 14.4. The van der Waals surface area contributed by atoms with Gasteiger partial charge in [0.1, 0.15) is 5.75 Å². The topological polar surface area (TPSA) is 50.4 Å². The third-order valence-corrected chi connectivity index (χ3v) is 4.82. The Balaban J connectivity index is 0.00000176. The molecular formula is C16H23ClN2O2S. The van der Waals surface area contributed by atoms with Crippen LogP contribution in [0.2, 0.25) is 0 Å². The highest BCUT2D eigenvalue weighted by atomic mass is 35.5. The van der Waals surface area contributed by atoms with Crippen LogP contribution in [0.5, 0.6) is 5.75 Å². The Hall–Kier alpha value is -0.910. The minimum Gasteiger partial charge on any atom is -0.493 e. The molecule has 1 aromatic rings. The van der Waals surface area contributed by atoms with Crippen LogP contribution in [0, 0.1) is 12.8 Å². The number of aryl methyl sites for hydroxylation is 1. The van der Waals surface area contributed by atoms with Crippen LogP contribution in [-0.4, -0.2) is 30.2 Å². The van der Waals surface area contributed by atoms with Crippen LogP contribution in [-0.2, 0) is 11.3 Å². The number of carbonyl (C=O) groups excluding carboxylic acids is 1. The summed E-state index contributed by atoms with van der Waals surface area (Å²) >= 11 is 1.76. The van der Waals surface area contributed by atoms with Crippen LogP contribution in [0.3, 0.4) is 0 Å². The minimum absolute atomic E-state index is 0. The van der Waals surface area contributed by atoms with Crippen molar-refractivity contribution in [1.29, 1.82) is 0 Å². The molecule has 1 saturated carbocycles. The van der Waals surface area contributed by atoms with Crippen LogP contribution in [0.4, 0.5) is 0 Å². The van der Waals surface area contributed by atoms with Crippen LogP contribution in [0.15, 0.2) is 18.2 Å². The summed E-state index contributed by atoms with van der Waals surface area (Å²) < 4.78 is 5.93. The number of hydrogen-bond acceptors (Lipinski definition) is 4. The average molecular weight is 343 g/mol. The molecule has 0 bridgehead atoms. The highest BCUT2D eigenvalue weighted by Crippen LogP contribution is 2.30. The number of halogens is 1. The van der Waals surface area contributed by atoms with E-state index in [0.29, 0.717) is 6.54 Å². The van der Waals surface area contributed by atoms with Crippen molar-refractivity contribution in [2.24, 2.45) is 5.92 Å². The molecule has 1 aromatic carbocycles. The lowest BCUT2D eigenvalue weighted by molar-refractivity contribution is -0.122. The number of benzene rings is 1. The Morgan fingerprint density at radius 1 is 1.45 bits per heavy atom. The Morgan fingerprint density at radius 3 is 2.95 bits per heavy atom. The highest BCUT2D eigenvalue weighted by molar-refractivity contribution is 7.99. The first-order valence-corrected chi connectivity index (χ1v) is 8.69. The van der Waals surface area contributed by atoms with Gasteiger partial charge in [-0.25, -0.2) is 0 Å². The summed E-state index contributed by atoms with van der Waals surface area (Å²) in [5.74, 6) is 3.43. The summed E-state index contributed by atoms with van der Waals surface area (Å²) in [4.78, 5) is 12.0. The van der Waals surface area contributed by atoms with Crippen LogP contribution in [0.1, 0.15) is 24.0 Å². The van der Waals surface area contributed by atoms with E-state index in [-0.39, 0.29) is 24.4 Å². The van der Waals surface area contributed by atoms with Gasteiger partial charge in [0.2, 0.25) is 5.91 Å². The molecule has 2 aliphatic rings. The fraction of sp³-hybridized carbons (Fsp3) is 0.562. The number of amides is 1. The predicted molar refractivity (Wildman–Crippen MR) is 92.7 cm³/mol. The maximum atomic E-state index is 12.0. The molecule has 0 spiro atoms. The zero-order chi connectivity index (χ0) is 14.7. The Morgan fingerprint density at radius 2 is 2.27 bits per heavy atom. The molecule has 3 rings (SSSR count). The fourth-order valence-electron chi connectivity index (χ4n) is 2.30. The molecule has 0 radical (unpaired) electrons. The molecule has 1 aliphatic heterocycles. The lowest BCUT2D eigenvalue weighted by atomic mass is 10.1. The molecule has 0 aromatic heterocycles. The van der Waals surface area contributed by atoms with Gasteiger partial charge >= 0.3 is 0 Å². The number of ether oxygens (including phenoxy) is 1. The molecule has 1 heterocycles. The van der Waals surface area contributed by atoms with Crippen molar-refractivity contribution in [2.75, 3.05) is 18.2 Å². The second-order valence-corrected chi connectivity index (χ2v) is 6.89. The molecule has 1 aliphatic carbocycles. The molecule has 2 fully saturated rings.